The molecule has 0 amide bonds. The van der Waals surface area contributed by atoms with Gasteiger partial charge in [-0.25, -0.2) is 0 Å². The van der Waals surface area contributed by atoms with Crippen LogP contribution in [0.2, 0.25) is 0 Å². The molecule has 1 saturated heterocycles. The number of nitrogens with two attached hydrogens (primary N) is 1. The largest absolute Gasteiger partial charge is 0.368 e. The van der Waals surface area contributed by atoms with Gasteiger partial charge >= 0.3 is 0 Å². The average molecular weight is 364 g/mol. The van der Waals surface area contributed by atoms with E-state index in [1.54, 1.807) is 0 Å². The summed E-state index contributed by atoms with van der Waals surface area (Å²) in [4.78, 5) is 26.3. The number of hydrogen-bond donors (Lipinski definition) is 3. The number of aryl methyl sites for hydroxylation is 1. The summed E-state index contributed by atoms with van der Waals surface area (Å²) in [5, 5.41) is 10.4. The Morgan fingerprint density at radius 3 is 2.59 bits per heavy atom. The van der Waals surface area contributed by atoms with E-state index in [1.807, 2.05) is 37.3 Å². The molecule has 1 aromatic carbocycles. The fourth-order valence-corrected chi connectivity index (χ4v) is 2.91. The molecule has 1 aliphatic rings. The lowest BCUT2D eigenvalue weighted by Crippen LogP contribution is -2.33. The quantitative estimate of drug-likeness (QED) is 0.642. The maximum atomic E-state index is 11.4. The molecule has 0 spiro atoms. The number of anilines is 4. The predicted molar refractivity (Wildman–Crippen MR) is 103 cm³/mol. The minimum absolute atomic E-state index is 0.120. The van der Waals surface area contributed by atoms with Crippen LogP contribution in [-0.4, -0.2) is 44.0 Å². The fraction of sp³-hybridized carbons (Fsp3) is 0.278. The second-order valence-electron chi connectivity index (χ2n) is 6.50. The lowest BCUT2D eigenvalue weighted by atomic mass is 10.1. The third-order valence-electron chi connectivity index (χ3n) is 4.41. The van der Waals surface area contributed by atoms with E-state index in [9.17, 15) is 4.79 Å². The van der Waals surface area contributed by atoms with Gasteiger partial charge in [-0.1, -0.05) is 17.7 Å². The molecule has 9 nitrogen and oxygen atoms in total. The molecule has 0 radical (unpaired) electrons. The zero-order valence-electron chi connectivity index (χ0n) is 14.9. The highest BCUT2D eigenvalue weighted by atomic mass is 16.1. The summed E-state index contributed by atoms with van der Waals surface area (Å²) in [6, 6.07) is 9.75. The van der Waals surface area contributed by atoms with E-state index in [0.717, 1.165) is 11.5 Å². The summed E-state index contributed by atoms with van der Waals surface area (Å²) >= 11 is 0. The number of hydrogen-bond acceptors (Lipinski definition) is 8. The maximum Gasteiger partial charge on any atom is 0.232 e. The first-order chi connectivity index (χ1) is 13.1. The van der Waals surface area contributed by atoms with Gasteiger partial charge in [-0.2, -0.15) is 20.1 Å². The van der Waals surface area contributed by atoms with Crippen LogP contribution in [0.1, 0.15) is 18.4 Å². The summed E-state index contributed by atoms with van der Waals surface area (Å²) < 4.78 is 0. The van der Waals surface area contributed by atoms with E-state index in [-0.39, 0.29) is 5.95 Å². The normalized spacial score (nSPS) is 14.4. The first-order valence-electron chi connectivity index (χ1n) is 8.74. The number of nitrogens with zero attached hydrogens (tertiary/aromatic N) is 5. The van der Waals surface area contributed by atoms with Crippen LogP contribution in [0.15, 0.2) is 30.3 Å². The van der Waals surface area contributed by atoms with Crippen molar-refractivity contribution in [3.05, 3.63) is 35.9 Å². The number of carbonyl (C=O) groups excluding carboxylic acids is 1. The van der Waals surface area contributed by atoms with Gasteiger partial charge in [-0.15, -0.1) is 0 Å². The molecule has 0 aliphatic carbocycles. The molecule has 3 aromatic rings. The molecule has 0 saturated carbocycles. The van der Waals surface area contributed by atoms with Gasteiger partial charge in [0.05, 0.1) is 0 Å². The Morgan fingerprint density at radius 2 is 1.85 bits per heavy atom. The Kier molecular flexibility index (Phi) is 4.41. The third-order valence-corrected chi connectivity index (χ3v) is 4.41. The molecular formula is C18H20N8O. The smallest absolute Gasteiger partial charge is 0.232 e. The van der Waals surface area contributed by atoms with Crippen LogP contribution in [0.5, 0.6) is 0 Å². The first kappa shape index (κ1) is 17.0. The number of aromatic amines is 1. The van der Waals surface area contributed by atoms with Gasteiger partial charge in [-0.05, 0) is 19.1 Å². The number of rotatable bonds is 4. The van der Waals surface area contributed by atoms with Gasteiger partial charge in [-0.3, -0.25) is 9.89 Å². The summed E-state index contributed by atoms with van der Waals surface area (Å²) in [5.41, 5.74) is 8.53. The van der Waals surface area contributed by atoms with Gasteiger partial charge in [0, 0.05) is 37.7 Å². The summed E-state index contributed by atoms with van der Waals surface area (Å²) in [6.07, 6.45) is 1.09. The number of nitrogen functional groups attached to an aromatic ring is 1. The van der Waals surface area contributed by atoms with Crippen molar-refractivity contribution in [3.8, 4) is 11.5 Å². The molecule has 9 heteroatoms. The highest BCUT2D eigenvalue weighted by molar-refractivity contribution is 5.81. The number of aromatic nitrogens is 5. The van der Waals surface area contributed by atoms with E-state index < -0.39 is 0 Å². The van der Waals surface area contributed by atoms with Crippen LogP contribution < -0.4 is 16.0 Å². The molecule has 3 heterocycles. The van der Waals surface area contributed by atoms with Gasteiger partial charge in [0.25, 0.3) is 0 Å². The maximum absolute atomic E-state index is 11.4. The summed E-state index contributed by atoms with van der Waals surface area (Å²) in [5.74, 6) is 1.95. The highest BCUT2D eigenvalue weighted by Gasteiger charge is 2.19. The van der Waals surface area contributed by atoms with Gasteiger partial charge < -0.3 is 16.0 Å². The first-order valence-corrected chi connectivity index (χ1v) is 8.74. The summed E-state index contributed by atoms with van der Waals surface area (Å²) in [6.45, 7) is 3.36. The summed E-state index contributed by atoms with van der Waals surface area (Å²) in [7, 11) is 0. The lowest BCUT2D eigenvalue weighted by molar-refractivity contribution is -0.119. The molecular weight excluding hydrogens is 344 g/mol. The monoisotopic (exact) mass is 364 g/mol. The van der Waals surface area contributed by atoms with Crippen molar-refractivity contribution in [2.75, 3.05) is 29.0 Å². The van der Waals surface area contributed by atoms with Crippen molar-refractivity contribution < 1.29 is 4.79 Å². The van der Waals surface area contributed by atoms with Crippen LogP contribution in [0.25, 0.3) is 11.5 Å². The van der Waals surface area contributed by atoms with E-state index in [1.165, 1.54) is 5.56 Å². The minimum Gasteiger partial charge on any atom is -0.368 e. The third kappa shape index (κ3) is 3.86. The van der Waals surface area contributed by atoms with E-state index >= 15 is 0 Å². The second kappa shape index (κ2) is 7.02. The van der Waals surface area contributed by atoms with Crippen molar-refractivity contribution in [3.63, 3.8) is 0 Å². The molecule has 0 bridgehead atoms. The Labute approximate surface area is 156 Å². The number of benzene rings is 1. The molecule has 4 N–H and O–H groups in total. The van der Waals surface area contributed by atoms with Gasteiger partial charge in [0.2, 0.25) is 11.9 Å². The molecule has 1 aliphatic heterocycles. The van der Waals surface area contributed by atoms with Crippen molar-refractivity contribution in [1.82, 2.24) is 25.1 Å². The standard InChI is InChI=1S/C18H20N8O/c1-11-2-4-12(5-3-11)20-18-22-16(21-17(19)23-18)14-10-15(25-24-14)26-8-6-13(27)7-9-26/h2-5,10H,6-9H2,1H3,(H,24,25)(H3,19,20,21,22,23). The molecule has 2 aromatic heterocycles. The van der Waals surface area contributed by atoms with E-state index in [4.69, 9.17) is 5.73 Å². The molecule has 4 rings (SSSR count). The number of carbonyl (C=O) groups is 1. The Bertz CT molecular complexity index is 956. The van der Waals surface area contributed by atoms with Gasteiger partial charge in [0.15, 0.2) is 11.6 Å². The molecule has 27 heavy (non-hydrogen) atoms. The number of piperidine rings is 1. The van der Waals surface area contributed by atoms with Gasteiger partial charge in [0.1, 0.15) is 11.5 Å². The zero-order valence-corrected chi connectivity index (χ0v) is 14.9. The SMILES string of the molecule is Cc1ccc(Nc2nc(N)nc(-c3cc(N4CCC(=O)CC4)n[nH]3)n2)cc1. The topological polar surface area (TPSA) is 126 Å². The molecule has 1 fully saturated rings. The Hall–Kier alpha value is -3.49. The number of H-pyrrole nitrogens is 1. The molecule has 0 atom stereocenters. The lowest BCUT2D eigenvalue weighted by Gasteiger charge is -2.25. The van der Waals surface area contributed by atoms with Crippen LogP contribution >= 0.6 is 0 Å². The predicted octanol–water partition coefficient (Wildman–Crippen LogP) is 2.07. The number of nitrogens with one attached hydrogen (secondary N) is 2. The van der Waals surface area contributed by atoms with E-state index in [2.05, 4.69) is 35.4 Å². The number of ketones is 1. The van der Waals surface area contributed by atoms with Crippen molar-refractivity contribution in [2.45, 2.75) is 19.8 Å². The van der Waals surface area contributed by atoms with Crippen molar-refractivity contribution >= 4 is 29.2 Å². The number of Topliss-reactive ketones (excluding diaryl/α,β-unsaturated/α-hetero) is 1. The van der Waals surface area contributed by atoms with Crippen LogP contribution in [0.3, 0.4) is 0 Å². The van der Waals surface area contributed by atoms with E-state index in [0.29, 0.717) is 49.2 Å². The van der Waals surface area contributed by atoms with Crippen LogP contribution in [0.4, 0.5) is 23.4 Å². The fourth-order valence-electron chi connectivity index (χ4n) is 2.91. The zero-order chi connectivity index (χ0) is 18.8. The second-order valence-corrected chi connectivity index (χ2v) is 6.50. The van der Waals surface area contributed by atoms with Crippen LogP contribution in [-0.2, 0) is 4.79 Å². The average Bonchev–Trinajstić information content (AvgIpc) is 3.14. The Morgan fingerprint density at radius 1 is 1.11 bits per heavy atom. The molecule has 138 valence electrons. The van der Waals surface area contributed by atoms with Crippen molar-refractivity contribution in [2.24, 2.45) is 0 Å². The minimum atomic E-state index is 0.120. The highest BCUT2D eigenvalue weighted by Crippen LogP contribution is 2.23. The Balaban J connectivity index is 1.56. The molecule has 0 unspecified atom stereocenters. The van der Waals surface area contributed by atoms with Crippen molar-refractivity contribution in [1.29, 1.82) is 0 Å². The van der Waals surface area contributed by atoms with Crippen LogP contribution in [0, 0.1) is 6.92 Å².